The molecule has 208 valence electrons. The van der Waals surface area contributed by atoms with Crippen molar-refractivity contribution in [2.45, 2.75) is 44.1 Å². The molecule has 39 heavy (non-hydrogen) atoms. The molecule has 2 amide bonds. The van der Waals surface area contributed by atoms with Gasteiger partial charge in [-0.15, -0.1) is 0 Å². The maximum Gasteiger partial charge on any atom is 0.318 e. The summed E-state index contributed by atoms with van der Waals surface area (Å²) in [5.74, 6) is -0.616. The first-order valence-electron chi connectivity index (χ1n) is 13.5. The third-order valence-corrected chi connectivity index (χ3v) is 7.62. The normalized spacial score (nSPS) is 21.5. The Labute approximate surface area is 227 Å². The van der Waals surface area contributed by atoms with E-state index in [4.69, 9.17) is 15.2 Å². The highest BCUT2D eigenvalue weighted by molar-refractivity contribution is 5.91. The minimum Gasteiger partial charge on any atom is -0.368 e. The van der Waals surface area contributed by atoms with Crippen LogP contribution in [0.15, 0.2) is 54.7 Å². The zero-order valence-corrected chi connectivity index (χ0v) is 22.1. The number of halogens is 1. The monoisotopic (exact) mass is 537 g/mol. The third kappa shape index (κ3) is 6.41. The van der Waals surface area contributed by atoms with Crippen molar-refractivity contribution < 1.29 is 23.5 Å². The van der Waals surface area contributed by atoms with E-state index in [0.29, 0.717) is 45.8 Å². The summed E-state index contributed by atoms with van der Waals surface area (Å²) >= 11 is 0. The maximum atomic E-state index is 13.6. The summed E-state index contributed by atoms with van der Waals surface area (Å²) in [5.41, 5.74) is 8.70. The number of H-pyrrole nitrogens is 1. The van der Waals surface area contributed by atoms with E-state index >= 15 is 0 Å². The number of rotatable bonds is 8. The highest BCUT2D eigenvalue weighted by atomic mass is 19.1. The van der Waals surface area contributed by atoms with E-state index < -0.39 is 12.3 Å². The molecule has 3 heterocycles. The van der Waals surface area contributed by atoms with E-state index in [-0.39, 0.29) is 36.0 Å². The standard InChI is InChI=1S/C29H36FN5O4/c1-19(24-16-32-25-5-3-2-4-23(24)25)28(26(36)10-11-27-38-17-21(31)18-39-27)33-29(37)35-14-12-34(13-15-35)22-8-6-20(30)7-9-22/h2-9,16,19,21,27-28,32H,10-15,17-18,31H2,1H3,(H,33,37)/t19-,21?,27?,28+/m0/s1. The Kier molecular flexibility index (Phi) is 8.44. The maximum absolute atomic E-state index is 13.6. The average Bonchev–Trinajstić information content (AvgIpc) is 3.40. The number of ether oxygens (including phenoxy) is 2. The van der Waals surface area contributed by atoms with Crippen LogP contribution in [0.4, 0.5) is 14.9 Å². The minimum absolute atomic E-state index is 0.0758. The Hall–Kier alpha value is -3.47. The lowest BCUT2D eigenvalue weighted by molar-refractivity contribution is -0.188. The lowest BCUT2D eigenvalue weighted by Crippen LogP contribution is -2.55. The Bertz CT molecular complexity index is 1270. The van der Waals surface area contributed by atoms with Gasteiger partial charge in [-0.25, -0.2) is 9.18 Å². The van der Waals surface area contributed by atoms with Crippen LogP contribution < -0.4 is 16.0 Å². The fourth-order valence-electron chi connectivity index (χ4n) is 5.32. The molecule has 2 aliphatic rings. The Balaban J connectivity index is 1.26. The fourth-order valence-corrected chi connectivity index (χ4v) is 5.32. The Morgan fingerprint density at radius 2 is 1.77 bits per heavy atom. The van der Waals surface area contributed by atoms with E-state index in [0.717, 1.165) is 22.2 Å². The number of piperazine rings is 1. The molecule has 0 aliphatic carbocycles. The largest absolute Gasteiger partial charge is 0.368 e. The van der Waals surface area contributed by atoms with Crippen molar-refractivity contribution in [3.05, 3.63) is 66.1 Å². The molecule has 9 nitrogen and oxygen atoms in total. The molecule has 2 aliphatic heterocycles. The van der Waals surface area contributed by atoms with Gasteiger partial charge in [-0.3, -0.25) is 4.79 Å². The number of anilines is 1. The van der Waals surface area contributed by atoms with Gasteiger partial charge in [0.1, 0.15) is 5.82 Å². The van der Waals surface area contributed by atoms with Crippen LogP contribution in [-0.4, -0.2) is 79.5 Å². The number of Topliss-reactive ketones (excluding diaryl/α,β-unsaturated/α-hetero) is 1. The fraction of sp³-hybridized carbons (Fsp3) is 0.448. The van der Waals surface area contributed by atoms with Gasteiger partial charge < -0.3 is 35.3 Å². The second-order valence-electron chi connectivity index (χ2n) is 10.3. The van der Waals surface area contributed by atoms with E-state index in [2.05, 4.69) is 15.2 Å². The molecular weight excluding hydrogens is 501 g/mol. The Morgan fingerprint density at radius 1 is 1.08 bits per heavy atom. The van der Waals surface area contributed by atoms with E-state index in [1.807, 2.05) is 37.4 Å². The summed E-state index contributed by atoms with van der Waals surface area (Å²) in [6, 6.07) is 13.1. The third-order valence-electron chi connectivity index (χ3n) is 7.62. The molecule has 0 bridgehead atoms. The van der Waals surface area contributed by atoms with Gasteiger partial charge in [-0.05, 0) is 35.9 Å². The number of aromatic nitrogens is 1. The predicted molar refractivity (Wildman–Crippen MR) is 147 cm³/mol. The Morgan fingerprint density at radius 3 is 2.49 bits per heavy atom. The number of carbonyl (C=O) groups excluding carboxylic acids is 2. The summed E-state index contributed by atoms with van der Waals surface area (Å²) < 4.78 is 24.5. The van der Waals surface area contributed by atoms with Crippen molar-refractivity contribution in [3.63, 3.8) is 0 Å². The number of hydrogen-bond acceptors (Lipinski definition) is 6. The zero-order chi connectivity index (χ0) is 27.4. The number of hydrogen-bond donors (Lipinski definition) is 3. The topological polar surface area (TPSA) is 113 Å². The first kappa shape index (κ1) is 27.1. The molecule has 4 N–H and O–H groups in total. The molecule has 0 radical (unpaired) electrons. The van der Waals surface area contributed by atoms with Crippen molar-refractivity contribution in [3.8, 4) is 0 Å². The van der Waals surface area contributed by atoms with Crippen molar-refractivity contribution in [2.75, 3.05) is 44.3 Å². The summed E-state index contributed by atoms with van der Waals surface area (Å²) in [6.45, 7) is 4.99. The van der Waals surface area contributed by atoms with E-state index in [1.165, 1.54) is 12.1 Å². The second kappa shape index (κ2) is 12.1. The number of benzene rings is 2. The molecule has 2 aromatic carbocycles. The lowest BCUT2D eigenvalue weighted by atomic mass is 9.88. The van der Waals surface area contributed by atoms with Gasteiger partial charge in [0.15, 0.2) is 12.1 Å². The molecule has 0 unspecified atom stereocenters. The number of carbonyl (C=O) groups is 2. The number of para-hydroxylation sites is 1. The highest BCUT2D eigenvalue weighted by Crippen LogP contribution is 2.29. The first-order valence-corrected chi connectivity index (χ1v) is 13.5. The van der Waals surface area contributed by atoms with Gasteiger partial charge >= 0.3 is 6.03 Å². The van der Waals surface area contributed by atoms with Crippen molar-refractivity contribution >= 4 is 28.4 Å². The first-order chi connectivity index (χ1) is 18.9. The van der Waals surface area contributed by atoms with Crippen LogP contribution in [-0.2, 0) is 14.3 Å². The summed E-state index contributed by atoms with van der Waals surface area (Å²) in [4.78, 5) is 34.1. The molecule has 5 rings (SSSR count). The minimum atomic E-state index is -0.724. The predicted octanol–water partition coefficient (Wildman–Crippen LogP) is 3.36. The van der Waals surface area contributed by atoms with Crippen LogP contribution in [0.5, 0.6) is 0 Å². The zero-order valence-electron chi connectivity index (χ0n) is 22.1. The molecule has 0 spiro atoms. The SMILES string of the molecule is C[C@@H](c1c[nH]c2ccccc12)[C@@H](NC(=O)N1CCN(c2ccc(F)cc2)CC1)C(=O)CCC1OCC(N)CO1. The lowest BCUT2D eigenvalue weighted by Gasteiger charge is -2.37. The number of fused-ring (bicyclic) bond motifs is 1. The number of aromatic amines is 1. The van der Waals surface area contributed by atoms with Crippen LogP contribution in [0.2, 0.25) is 0 Å². The van der Waals surface area contributed by atoms with Crippen molar-refractivity contribution in [1.29, 1.82) is 0 Å². The molecule has 3 aromatic rings. The molecule has 2 saturated heterocycles. The number of nitrogens with two attached hydrogens (primary N) is 1. The molecule has 0 saturated carbocycles. The van der Waals surface area contributed by atoms with Gasteiger partial charge in [0.05, 0.1) is 25.3 Å². The molecule has 2 atom stereocenters. The van der Waals surface area contributed by atoms with Crippen molar-refractivity contribution in [2.24, 2.45) is 5.73 Å². The van der Waals surface area contributed by atoms with E-state index in [9.17, 15) is 14.0 Å². The van der Waals surface area contributed by atoms with Gasteiger partial charge in [-0.1, -0.05) is 25.1 Å². The van der Waals surface area contributed by atoms with Crippen molar-refractivity contribution in [1.82, 2.24) is 15.2 Å². The highest BCUT2D eigenvalue weighted by Gasteiger charge is 2.32. The molecule has 1 aromatic heterocycles. The summed E-state index contributed by atoms with van der Waals surface area (Å²) in [6.07, 6.45) is 2.04. The van der Waals surface area contributed by atoms with Gasteiger partial charge in [0.2, 0.25) is 0 Å². The summed E-state index contributed by atoms with van der Waals surface area (Å²) in [5, 5.41) is 4.08. The number of amides is 2. The average molecular weight is 538 g/mol. The smallest absolute Gasteiger partial charge is 0.318 e. The van der Waals surface area contributed by atoms with Crippen LogP contribution in [0.1, 0.15) is 31.2 Å². The molecule has 10 heteroatoms. The molecule has 2 fully saturated rings. The number of urea groups is 1. The number of nitrogens with one attached hydrogen (secondary N) is 2. The number of nitrogens with zero attached hydrogens (tertiary/aromatic N) is 2. The van der Waals surface area contributed by atoms with Gasteiger partial charge in [-0.2, -0.15) is 0 Å². The molecular formula is C29H36FN5O4. The summed E-state index contributed by atoms with van der Waals surface area (Å²) in [7, 11) is 0. The van der Waals surface area contributed by atoms with E-state index in [1.54, 1.807) is 17.0 Å². The van der Waals surface area contributed by atoms with Crippen LogP contribution in [0.3, 0.4) is 0 Å². The van der Waals surface area contributed by atoms with Crippen LogP contribution in [0, 0.1) is 5.82 Å². The van der Waals surface area contributed by atoms with Gasteiger partial charge in [0, 0.05) is 67.7 Å². The number of ketones is 1. The van der Waals surface area contributed by atoms with Crippen LogP contribution in [0.25, 0.3) is 10.9 Å². The second-order valence-corrected chi connectivity index (χ2v) is 10.3. The quantitative estimate of drug-likeness (QED) is 0.406. The van der Waals surface area contributed by atoms with Gasteiger partial charge in [0.25, 0.3) is 0 Å². The van der Waals surface area contributed by atoms with Crippen LogP contribution >= 0.6 is 0 Å².